The van der Waals surface area contributed by atoms with Gasteiger partial charge in [0.2, 0.25) is 5.91 Å². The fourth-order valence-electron chi connectivity index (χ4n) is 3.06. The van der Waals surface area contributed by atoms with Crippen LogP contribution >= 0.6 is 11.3 Å². The number of nitrogens with zero attached hydrogens (tertiary/aromatic N) is 3. The normalized spacial score (nSPS) is 13.9. The van der Waals surface area contributed by atoms with E-state index in [1.54, 1.807) is 41.6 Å². The molecule has 7 nitrogen and oxygen atoms in total. The van der Waals surface area contributed by atoms with Crippen molar-refractivity contribution in [3.05, 3.63) is 65.4 Å². The maximum absolute atomic E-state index is 12.6. The van der Waals surface area contributed by atoms with Crippen molar-refractivity contribution in [3.8, 4) is 10.6 Å². The van der Waals surface area contributed by atoms with Crippen molar-refractivity contribution < 1.29 is 14.3 Å². The second-order valence-electron chi connectivity index (χ2n) is 6.60. The van der Waals surface area contributed by atoms with Crippen molar-refractivity contribution in [2.24, 2.45) is 0 Å². The number of aromatic nitrogens is 2. The molecule has 1 aromatic carbocycles. The fraction of sp³-hybridized carbons (Fsp3) is 0.238. The number of amides is 2. The number of morpholine rings is 1. The summed E-state index contributed by atoms with van der Waals surface area (Å²) >= 11 is 1.48. The average molecular weight is 408 g/mol. The third kappa shape index (κ3) is 4.85. The Morgan fingerprint density at radius 2 is 2.03 bits per heavy atom. The summed E-state index contributed by atoms with van der Waals surface area (Å²) in [4.78, 5) is 35.4. The minimum Gasteiger partial charge on any atom is -0.378 e. The Hall–Kier alpha value is -3.10. The summed E-state index contributed by atoms with van der Waals surface area (Å²) in [5.41, 5.74) is 2.78. The van der Waals surface area contributed by atoms with Crippen molar-refractivity contribution in [2.75, 3.05) is 31.6 Å². The molecule has 0 radical (unpaired) electrons. The highest BCUT2D eigenvalue weighted by Crippen LogP contribution is 2.23. The molecule has 4 rings (SSSR count). The van der Waals surface area contributed by atoms with Crippen molar-refractivity contribution in [1.82, 2.24) is 14.9 Å². The molecule has 0 unspecified atom stereocenters. The van der Waals surface area contributed by atoms with Crippen LogP contribution in [-0.2, 0) is 16.0 Å². The molecule has 2 aromatic heterocycles. The Bertz CT molecular complexity index is 1000. The monoisotopic (exact) mass is 408 g/mol. The van der Waals surface area contributed by atoms with Gasteiger partial charge in [0.1, 0.15) is 5.01 Å². The summed E-state index contributed by atoms with van der Waals surface area (Å²) in [6, 6.07) is 10.8. The minimum atomic E-state index is -0.177. The standard InChI is InChI=1S/C21H20N4O3S/c26-19(12-18-14-29-20(24-18)16-4-2-6-22-13-16)23-17-5-1-3-15(11-17)21(27)25-7-9-28-10-8-25/h1-6,11,13-14H,7-10,12H2,(H,23,26). The van der Waals surface area contributed by atoms with Gasteiger partial charge in [0, 0.05) is 47.7 Å². The lowest BCUT2D eigenvalue weighted by Crippen LogP contribution is -2.40. The van der Waals surface area contributed by atoms with E-state index in [1.165, 1.54) is 11.3 Å². The van der Waals surface area contributed by atoms with E-state index in [1.807, 2.05) is 17.5 Å². The third-order valence-corrected chi connectivity index (χ3v) is 5.43. The molecule has 29 heavy (non-hydrogen) atoms. The van der Waals surface area contributed by atoms with Crippen molar-refractivity contribution in [2.45, 2.75) is 6.42 Å². The lowest BCUT2D eigenvalue weighted by Gasteiger charge is -2.27. The van der Waals surface area contributed by atoms with Gasteiger partial charge in [0.05, 0.1) is 25.3 Å². The highest BCUT2D eigenvalue weighted by atomic mass is 32.1. The number of hydrogen-bond donors (Lipinski definition) is 1. The van der Waals surface area contributed by atoms with Gasteiger partial charge in [-0.05, 0) is 30.3 Å². The highest BCUT2D eigenvalue weighted by Gasteiger charge is 2.19. The van der Waals surface area contributed by atoms with Crippen LogP contribution in [-0.4, -0.2) is 53.0 Å². The molecular weight excluding hydrogens is 388 g/mol. The van der Waals surface area contributed by atoms with Crippen molar-refractivity contribution in [3.63, 3.8) is 0 Å². The maximum atomic E-state index is 12.6. The molecule has 1 aliphatic rings. The molecule has 0 aliphatic carbocycles. The van der Waals surface area contributed by atoms with Gasteiger partial charge in [0.15, 0.2) is 0 Å². The Morgan fingerprint density at radius 3 is 2.83 bits per heavy atom. The Kier molecular flexibility index (Phi) is 5.92. The van der Waals surface area contributed by atoms with E-state index < -0.39 is 0 Å². The van der Waals surface area contributed by atoms with E-state index in [2.05, 4.69) is 15.3 Å². The maximum Gasteiger partial charge on any atom is 0.254 e. The van der Waals surface area contributed by atoms with Gasteiger partial charge in [-0.2, -0.15) is 0 Å². The van der Waals surface area contributed by atoms with E-state index in [4.69, 9.17) is 4.74 Å². The molecule has 1 fully saturated rings. The smallest absolute Gasteiger partial charge is 0.254 e. The molecule has 3 heterocycles. The van der Waals surface area contributed by atoms with E-state index in [-0.39, 0.29) is 18.2 Å². The van der Waals surface area contributed by atoms with Crippen LogP contribution in [0.4, 0.5) is 5.69 Å². The van der Waals surface area contributed by atoms with Gasteiger partial charge in [-0.25, -0.2) is 4.98 Å². The number of rotatable bonds is 5. The fourth-order valence-corrected chi connectivity index (χ4v) is 3.87. The number of thiazole rings is 1. The number of carbonyl (C=O) groups is 2. The zero-order valence-corrected chi connectivity index (χ0v) is 16.5. The van der Waals surface area contributed by atoms with Gasteiger partial charge in [-0.3, -0.25) is 14.6 Å². The van der Waals surface area contributed by atoms with Crippen LogP contribution in [0, 0.1) is 0 Å². The second kappa shape index (κ2) is 8.93. The predicted molar refractivity (Wildman–Crippen MR) is 111 cm³/mol. The lowest BCUT2D eigenvalue weighted by molar-refractivity contribution is -0.115. The molecule has 0 saturated carbocycles. The van der Waals surface area contributed by atoms with E-state index in [9.17, 15) is 9.59 Å². The van der Waals surface area contributed by atoms with Crippen LogP contribution in [0.2, 0.25) is 0 Å². The number of hydrogen-bond acceptors (Lipinski definition) is 6. The van der Waals surface area contributed by atoms with Gasteiger partial charge in [-0.1, -0.05) is 6.07 Å². The number of benzene rings is 1. The molecule has 148 valence electrons. The SMILES string of the molecule is O=C(Cc1csc(-c2cccnc2)n1)Nc1cccc(C(=O)N2CCOCC2)c1. The van der Waals surface area contributed by atoms with Gasteiger partial charge < -0.3 is 15.0 Å². The first-order chi connectivity index (χ1) is 14.2. The molecule has 3 aromatic rings. The highest BCUT2D eigenvalue weighted by molar-refractivity contribution is 7.13. The average Bonchev–Trinajstić information content (AvgIpc) is 3.23. The predicted octanol–water partition coefficient (Wildman–Crippen LogP) is 2.86. The molecule has 2 amide bonds. The number of pyridine rings is 1. The number of carbonyl (C=O) groups excluding carboxylic acids is 2. The molecule has 1 saturated heterocycles. The summed E-state index contributed by atoms with van der Waals surface area (Å²) in [6.07, 6.45) is 3.63. The quantitative estimate of drug-likeness (QED) is 0.702. The van der Waals surface area contributed by atoms with Gasteiger partial charge in [-0.15, -0.1) is 11.3 Å². The zero-order chi connectivity index (χ0) is 20.1. The molecule has 0 atom stereocenters. The van der Waals surface area contributed by atoms with Crippen LogP contribution in [0.3, 0.4) is 0 Å². The molecule has 0 spiro atoms. The van der Waals surface area contributed by atoms with Gasteiger partial charge >= 0.3 is 0 Å². The molecule has 8 heteroatoms. The third-order valence-electron chi connectivity index (χ3n) is 4.49. The Morgan fingerprint density at radius 1 is 1.17 bits per heavy atom. The number of nitrogens with one attached hydrogen (secondary N) is 1. The van der Waals surface area contributed by atoms with E-state index in [0.29, 0.717) is 43.2 Å². The van der Waals surface area contributed by atoms with Crippen LogP contribution < -0.4 is 5.32 Å². The zero-order valence-electron chi connectivity index (χ0n) is 15.7. The summed E-state index contributed by atoms with van der Waals surface area (Å²) in [5, 5.41) is 5.56. The van der Waals surface area contributed by atoms with Crippen LogP contribution in [0.15, 0.2) is 54.2 Å². The molecule has 0 bridgehead atoms. The van der Waals surface area contributed by atoms with Crippen molar-refractivity contribution >= 4 is 28.8 Å². The summed E-state index contributed by atoms with van der Waals surface area (Å²) in [6.45, 7) is 2.27. The Balaban J connectivity index is 1.39. The Labute approximate surface area is 172 Å². The first kappa shape index (κ1) is 19.2. The molecular formula is C21H20N4O3S. The topological polar surface area (TPSA) is 84.4 Å². The van der Waals surface area contributed by atoms with Gasteiger partial charge in [0.25, 0.3) is 5.91 Å². The number of ether oxygens (including phenoxy) is 1. The van der Waals surface area contributed by atoms with E-state index in [0.717, 1.165) is 10.6 Å². The van der Waals surface area contributed by atoms with Crippen molar-refractivity contribution in [1.29, 1.82) is 0 Å². The largest absolute Gasteiger partial charge is 0.378 e. The molecule has 1 N–H and O–H groups in total. The summed E-state index contributed by atoms with van der Waals surface area (Å²) in [7, 11) is 0. The van der Waals surface area contributed by atoms with Crippen LogP contribution in [0.25, 0.3) is 10.6 Å². The molecule has 1 aliphatic heterocycles. The first-order valence-electron chi connectivity index (χ1n) is 9.31. The van der Waals surface area contributed by atoms with Crippen LogP contribution in [0.1, 0.15) is 16.1 Å². The van der Waals surface area contributed by atoms with Crippen LogP contribution in [0.5, 0.6) is 0 Å². The number of anilines is 1. The van der Waals surface area contributed by atoms with E-state index >= 15 is 0 Å². The minimum absolute atomic E-state index is 0.0509. The summed E-state index contributed by atoms with van der Waals surface area (Å²) < 4.78 is 5.29. The first-order valence-corrected chi connectivity index (χ1v) is 10.2. The lowest BCUT2D eigenvalue weighted by atomic mass is 10.1. The second-order valence-corrected chi connectivity index (χ2v) is 7.45. The summed E-state index contributed by atoms with van der Waals surface area (Å²) in [5.74, 6) is -0.228.